The average Bonchev–Trinajstić information content (AvgIpc) is 1.50. The van der Waals surface area contributed by atoms with E-state index >= 15 is 0 Å². The first-order valence-corrected chi connectivity index (χ1v) is 34.0. The molecule has 0 atom stereocenters. The summed E-state index contributed by atoms with van der Waals surface area (Å²) in [6, 6.07) is 75.6. The molecule has 0 aromatic heterocycles. The van der Waals surface area contributed by atoms with E-state index in [0.717, 1.165) is 0 Å². The van der Waals surface area contributed by atoms with Gasteiger partial charge >= 0.3 is 0 Å². The maximum Gasteiger partial charge on any atom is 0.0159 e. The molecule has 0 radical (unpaired) electrons. The van der Waals surface area contributed by atoms with Crippen LogP contribution in [0, 0.1) is 0 Å². The highest BCUT2D eigenvalue weighted by Crippen LogP contribution is 2.66. The highest BCUT2D eigenvalue weighted by atomic mass is 14.4. The fraction of sp³-hybridized carbons (Fsp3) is 0.283. The minimum atomic E-state index is -0.178. The summed E-state index contributed by atoms with van der Waals surface area (Å²) in [7, 11) is 0. The third kappa shape index (κ3) is 8.33. The van der Waals surface area contributed by atoms with Crippen molar-refractivity contribution in [1.29, 1.82) is 0 Å². The van der Waals surface area contributed by atoms with E-state index in [2.05, 4.69) is 320 Å². The van der Waals surface area contributed by atoms with Gasteiger partial charge in [0, 0.05) is 10.8 Å². The second-order valence-corrected chi connectivity index (χ2v) is 34.1. The third-order valence-electron chi connectivity index (χ3n) is 22.3. The summed E-state index contributed by atoms with van der Waals surface area (Å²) < 4.78 is 0. The lowest BCUT2D eigenvalue weighted by Crippen LogP contribution is -2.17. The number of hydrogen-bond acceptors (Lipinski definition) is 0. The van der Waals surface area contributed by atoms with Gasteiger partial charge in [0.05, 0.1) is 0 Å². The fourth-order valence-electron chi connectivity index (χ4n) is 17.0. The summed E-state index contributed by atoms with van der Waals surface area (Å²) in [5, 5.41) is 7.92. The molecule has 0 unspecified atom stereocenters. The van der Waals surface area contributed by atoms with Crippen LogP contribution in [0.2, 0.25) is 0 Å². The number of rotatable bonds is 4. The van der Waals surface area contributed by atoms with Gasteiger partial charge < -0.3 is 0 Å². The van der Waals surface area contributed by atoms with Crippen molar-refractivity contribution in [3.8, 4) is 111 Å². The molecule has 0 fully saturated rings. The lowest BCUT2D eigenvalue weighted by atomic mass is 9.75. The monoisotopic (exact) mass is 1190 g/mol. The maximum atomic E-state index is 2.59. The molecule has 16 rings (SSSR count). The summed E-state index contributed by atoms with van der Waals surface area (Å²) >= 11 is 0. The van der Waals surface area contributed by atoms with Gasteiger partial charge in [0.25, 0.3) is 0 Å². The first-order chi connectivity index (χ1) is 43.3. The summed E-state index contributed by atoms with van der Waals surface area (Å²) in [5.41, 5.74) is 38.1. The van der Waals surface area contributed by atoms with Crippen LogP contribution in [0.1, 0.15) is 182 Å². The van der Waals surface area contributed by atoms with Gasteiger partial charge in [-0.1, -0.05) is 301 Å². The Morgan fingerprint density at radius 3 is 0.859 bits per heavy atom. The second-order valence-electron chi connectivity index (χ2n) is 34.1. The molecule has 0 N–H and O–H groups in total. The Labute approximate surface area is 547 Å². The quantitative estimate of drug-likeness (QED) is 0.165. The largest absolute Gasteiger partial charge is 0.0619 e. The predicted octanol–water partition coefficient (Wildman–Crippen LogP) is 26.2. The van der Waals surface area contributed by atoms with E-state index in [1.54, 1.807) is 0 Å². The van der Waals surface area contributed by atoms with Crippen molar-refractivity contribution in [2.75, 3.05) is 0 Å². The molecule has 0 saturated heterocycles. The molecule has 0 amide bonds. The molecule has 4 aliphatic carbocycles. The zero-order chi connectivity index (χ0) is 64.6. The van der Waals surface area contributed by atoms with Gasteiger partial charge in [-0.05, 0) is 239 Å². The SMILES string of the molecule is CC(C)(C)c1cc(-c2c3c(c(-c4cc(C(C)(C)C)cc(C(C)(C)C)c4)c4ccccc24)-c2ccc4c5c(ccc-3c25)-c2c-4c(-c3ccc4c(c3)C(C)(C)c3ccccc3-4)c3cc(C(C)(C)C)ccc3c2-c2ccc3c(c2)C(C)(C)c2ccccc2-3)cc(C(C)(C)C)c1. The normalized spacial score (nSPS) is 14.9. The van der Waals surface area contributed by atoms with Gasteiger partial charge in [0.1, 0.15) is 0 Å². The van der Waals surface area contributed by atoms with Gasteiger partial charge in [-0.3, -0.25) is 0 Å². The van der Waals surface area contributed by atoms with E-state index in [9.17, 15) is 0 Å². The lowest BCUT2D eigenvalue weighted by molar-refractivity contribution is 0.568. The lowest BCUT2D eigenvalue weighted by Gasteiger charge is -2.29. The molecule has 0 heterocycles. The van der Waals surface area contributed by atoms with Crippen molar-refractivity contribution in [3.63, 3.8) is 0 Å². The molecule has 0 spiro atoms. The highest BCUT2D eigenvalue weighted by Gasteiger charge is 2.42. The molecule has 4 aliphatic rings. The van der Waals surface area contributed by atoms with E-state index in [4.69, 9.17) is 0 Å². The zero-order valence-corrected chi connectivity index (χ0v) is 57.9. The molecule has 0 bridgehead atoms. The van der Waals surface area contributed by atoms with Gasteiger partial charge in [-0.25, -0.2) is 0 Å². The minimum Gasteiger partial charge on any atom is -0.0619 e. The Morgan fingerprint density at radius 1 is 0.207 bits per heavy atom. The standard InChI is InChI=1S/C92H88/c1-86(2,3)55-34-37-66-71(50-55)77(52-33-36-63-61-27-23-25-31-73(61)92(18,19)75(63)47-52)83-68-39-41-70-81-69(40-38-67(80(68)81)82(83)76(66)51-32-35-62-60-26-22-24-30-72(60)91(16,17)74(62)46-51)84-78(53-42-56(87(4,5)6)48-57(43-53)88(7,8)9)64-28-20-21-29-65(64)79(85(70)84)54-44-58(89(10,11)12)49-59(45-54)90(13,14)15/h20-50H,1-19H3. The Kier molecular flexibility index (Phi) is 12.1. The van der Waals surface area contributed by atoms with Gasteiger partial charge in [0.15, 0.2) is 0 Å². The summed E-state index contributed by atoms with van der Waals surface area (Å²) in [6.07, 6.45) is 0. The van der Waals surface area contributed by atoms with Crippen molar-refractivity contribution in [3.05, 3.63) is 238 Å². The van der Waals surface area contributed by atoms with Crippen LogP contribution in [0.4, 0.5) is 0 Å². The Hall–Kier alpha value is -8.58. The van der Waals surface area contributed by atoms with E-state index in [-0.39, 0.29) is 37.9 Å². The molecule has 12 aromatic rings. The first-order valence-electron chi connectivity index (χ1n) is 34.0. The maximum absolute atomic E-state index is 2.59. The molecule has 92 heavy (non-hydrogen) atoms. The molecule has 12 aromatic carbocycles. The molecule has 456 valence electrons. The molecule has 0 nitrogen and oxygen atoms in total. The van der Waals surface area contributed by atoms with Crippen LogP contribution in [0.15, 0.2) is 188 Å². The Balaban J connectivity index is 1.07. The van der Waals surface area contributed by atoms with Crippen molar-refractivity contribution < 1.29 is 0 Å². The van der Waals surface area contributed by atoms with Gasteiger partial charge in [-0.15, -0.1) is 0 Å². The Morgan fingerprint density at radius 2 is 0.500 bits per heavy atom. The van der Waals surface area contributed by atoms with E-state index < -0.39 is 0 Å². The molecular formula is C92H88. The number of hydrogen-bond donors (Lipinski definition) is 0. The predicted molar refractivity (Wildman–Crippen MR) is 398 cm³/mol. The fourth-order valence-corrected chi connectivity index (χ4v) is 17.0. The van der Waals surface area contributed by atoms with E-state index in [1.807, 2.05) is 0 Å². The van der Waals surface area contributed by atoms with Crippen molar-refractivity contribution >= 4 is 32.3 Å². The zero-order valence-electron chi connectivity index (χ0n) is 57.9. The van der Waals surface area contributed by atoms with Crippen LogP contribution in [-0.4, -0.2) is 0 Å². The van der Waals surface area contributed by atoms with Crippen LogP contribution in [0.25, 0.3) is 144 Å². The second kappa shape index (κ2) is 19.0. The van der Waals surface area contributed by atoms with Crippen LogP contribution in [0.3, 0.4) is 0 Å². The minimum absolute atomic E-state index is 0.0767. The average molecular weight is 1190 g/mol. The van der Waals surface area contributed by atoms with Crippen LogP contribution < -0.4 is 0 Å². The van der Waals surface area contributed by atoms with Crippen molar-refractivity contribution in [2.45, 2.75) is 169 Å². The molecule has 0 heteroatoms. The highest BCUT2D eigenvalue weighted by molar-refractivity contribution is 6.35. The Bertz CT molecular complexity index is 5060. The van der Waals surface area contributed by atoms with Crippen molar-refractivity contribution in [1.82, 2.24) is 0 Å². The topological polar surface area (TPSA) is 0 Å². The smallest absolute Gasteiger partial charge is 0.0159 e. The summed E-state index contributed by atoms with van der Waals surface area (Å²) in [4.78, 5) is 0. The van der Waals surface area contributed by atoms with Crippen LogP contribution in [-0.2, 0) is 37.9 Å². The number of benzene rings is 12. The summed E-state index contributed by atoms with van der Waals surface area (Å²) in [5.74, 6) is 0. The molecule has 0 saturated carbocycles. The van der Waals surface area contributed by atoms with Crippen LogP contribution >= 0.6 is 0 Å². The summed E-state index contributed by atoms with van der Waals surface area (Å²) in [6.45, 7) is 45.5. The third-order valence-corrected chi connectivity index (χ3v) is 22.3. The molecular weight excluding hydrogens is 1110 g/mol. The number of fused-ring (bicyclic) bond motifs is 14. The van der Waals surface area contributed by atoms with Gasteiger partial charge in [0.2, 0.25) is 0 Å². The molecule has 0 aliphatic heterocycles. The van der Waals surface area contributed by atoms with Gasteiger partial charge in [-0.2, -0.15) is 0 Å². The van der Waals surface area contributed by atoms with Crippen molar-refractivity contribution in [2.24, 2.45) is 0 Å². The van der Waals surface area contributed by atoms with E-state index in [0.29, 0.717) is 0 Å². The first kappa shape index (κ1) is 58.5. The van der Waals surface area contributed by atoms with Crippen LogP contribution in [0.5, 0.6) is 0 Å². The van der Waals surface area contributed by atoms with E-state index in [1.165, 1.54) is 194 Å².